The van der Waals surface area contributed by atoms with Crippen LogP contribution >= 0.6 is 0 Å². The Bertz CT molecular complexity index is 2050. The minimum absolute atomic E-state index is 0.685. The van der Waals surface area contributed by atoms with Crippen molar-refractivity contribution in [3.8, 4) is 17.2 Å². The molecule has 0 saturated carbocycles. The minimum atomic E-state index is 0.685. The van der Waals surface area contributed by atoms with Gasteiger partial charge in [0.15, 0.2) is 0 Å². The molecule has 0 N–H and O–H groups in total. The summed E-state index contributed by atoms with van der Waals surface area (Å²) in [7, 11) is 0. The summed E-state index contributed by atoms with van der Waals surface area (Å²) in [4.78, 5) is 10.4. The summed E-state index contributed by atoms with van der Waals surface area (Å²) in [5.74, 6) is 0.685. The molecule has 37 heavy (non-hydrogen) atoms. The molecule has 2 aromatic heterocycles. The van der Waals surface area contributed by atoms with Gasteiger partial charge < -0.3 is 0 Å². The van der Waals surface area contributed by atoms with Gasteiger partial charge in [-0.15, -0.1) is 0 Å². The van der Waals surface area contributed by atoms with E-state index in [2.05, 4.69) is 120 Å². The summed E-state index contributed by atoms with van der Waals surface area (Å²) >= 11 is 0. The Morgan fingerprint density at radius 1 is 0.405 bits per heavy atom. The summed E-state index contributed by atoms with van der Waals surface area (Å²) in [6.45, 7) is 0. The predicted octanol–water partition coefficient (Wildman–Crippen LogP) is 8.70. The lowest BCUT2D eigenvalue weighted by Gasteiger charge is -2.13. The summed E-state index contributed by atoms with van der Waals surface area (Å²) in [5, 5.41) is 8.25. The molecule has 6 aromatic carbocycles. The zero-order valence-electron chi connectivity index (χ0n) is 20.0. The van der Waals surface area contributed by atoms with Crippen molar-refractivity contribution in [2.75, 3.05) is 0 Å². The second kappa shape index (κ2) is 7.74. The topological polar surface area (TPSA) is 30.7 Å². The first-order valence-electron chi connectivity index (χ1n) is 12.5. The number of hydrogen-bond acceptors (Lipinski definition) is 2. The number of para-hydroxylation sites is 1. The summed E-state index contributed by atoms with van der Waals surface area (Å²) in [6, 6.07) is 44.8. The zero-order valence-corrected chi connectivity index (χ0v) is 20.0. The molecule has 0 fully saturated rings. The van der Waals surface area contributed by atoms with Crippen LogP contribution in [0.5, 0.6) is 0 Å². The van der Waals surface area contributed by atoms with E-state index in [0.29, 0.717) is 5.95 Å². The van der Waals surface area contributed by atoms with Crippen LogP contribution in [-0.2, 0) is 0 Å². The van der Waals surface area contributed by atoms with E-state index in [1.54, 1.807) is 0 Å². The molecule has 172 valence electrons. The number of aromatic nitrogens is 3. The highest BCUT2D eigenvalue weighted by Crippen LogP contribution is 2.39. The van der Waals surface area contributed by atoms with Crippen molar-refractivity contribution in [3.63, 3.8) is 0 Å². The van der Waals surface area contributed by atoms with Crippen LogP contribution in [0.4, 0.5) is 0 Å². The smallest absolute Gasteiger partial charge is 0.235 e. The molecule has 2 heterocycles. The highest BCUT2D eigenvalue weighted by Gasteiger charge is 2.20. The van der Waals surface area contributed by atoms with Crippen LogP contribution in [0.1, 0.15) is 0 Å². The molecule has 0 bridgehead atoms. The summed E-state index contributed by atoms with van der Waals surface area (Å²) < 4.78 is 2.29. The van der Waals surface area contributed by atoms with Gasteiger partial charge in [0.1, 0.15) is 0 Å². The standard InChI is InChI=1S/C34H21N3/c1-2-12-24(13-3-1)31-29-16-8-9-17-30(29)35-34(36-31)37-32-25-14-6-4-10-22(25)18-20-27(32)28-21-19-23-11-5-7-15-26(23)33(28)37/h1-21H. The largest absolute Gasteiger partial charge is 0.277 e. The first-order chi connectivity index (χ1) is 18.4. The Kier molecular flexibility index (Phi) is 4.23. The van der Waals surface area contributed by atoms with Crippen LogP contribution < -0.4 is 0 Å². The molecular formula is C34H21N3. The fourth-order valence-corrected chi connectivity index (χ4v) is 5.72. The SMILES string of the molecule is c1ccc(-c2nc(-n3c4c5ccccc5ccc4c4ccc5ccccc5c43)nc3ccccc23)cc1. The van der Waals surface area contributed by atoms with Gasteiger partial charge in [0.2, 0.25) is 5.95 Å². The van der Waals surface area contributed by atoms with E-state index in [1.807, 2.05) is 12.1 Å². The highest BCUT2D eigenvalue weighted by molar-refractivity contribution is 6.23. The normalized spacial score (nSPS) is 11.8. The average Bonchev–Trinajstić information content (AvgIpc) is 3.32. The van der Waals surface area contributed by atoms with Crippen molar-refractivity contribution < 1.29 is 0 Å². The van der Waals surface area contributed by atoms with Crippen molar-refractivity contribution in [2.45, 2.75) is 0 Å². The molecule has 8 aromatic rings. The van der Waals surface area contributed by atoms with Gasteiger partial charge in [-0.05, 0) is 16.8 Å². The maximum absolute atomic E-state index is 5.28. The second-order valence-corrected chi connectivity index (χ2v) is 9.46. The van der Waals surface area contributed by atoms with E-state index in [4.69, 9.17) is 9.97 Å². The Morgan fingerprint density at radius 3 is 1.59 bits per heavy atom. The number of benzene rings is 6. The monoisotopic (exact) mass is 471 g/mol. The molecule has 3 nitrogen and oxygen atoms in total. The Labute approximate surface area is 213 Å². The van der Waals surface area contributed by atoms with Crippen LogP contribution in [0.25, 0.3) is 71.5 Å². The van der Waals surface area contributed by atoms with E-state index in [1.165, 1.54) is 32.3 Å². The van der Waals surface area contributed by atoms with Crippen molar-refractivity contribution in [1.82, 2.24) is 14.5 Å². The summed E-state index contributed by atoms with van der Waals surface area (Å²) in [6.07, 6.45) is 0. The molecular weight excluding hydrogens is 450 g/mol. The van der Waals surface area contributed by atoms with Gasteiger partial charge >= 0.3 is 0 Å². The maximum atomic E-state index is 5.28. The third-order valence-corrected chi connectivity index (χ3v) is 7.38. The first kappa shape index (κ1) is 20.2. The fraction of sp³-hybridized carbons (Fsp3) is 0. The molecule has 0 amide bonds. The van der Waals surface area contributed by atoms with Crippen LogP contribution in [0.2, 0.25) is 0 Å². The second-order valence-electron chi connectivity index (χ2n) is 9.46. The third-order valence-electron chi connectivity index (χ3n) is 7.38. The van der Waals surface area contributed by atoms with Gasteiger partial charge in [0, 0.05) is 32.5 Å². The molecule has 3 heteroatoms. The Hall–Kier alpha value is -5.02. The third kappa shape index (κ3) is 2.95. The van der Waals surface area contributed by atoms with E-state index < -0.39 is 0 Å². The van der Waals surface area contributed by atoms with Crippen molar-refractivity contribution in [2.24, 2.45) is 0 Å². The molecule has 0 atom stereocenters. The van der Waals surface area contributed by atoms with E-state index >= 15 is 0 Å². The Morgan fingerprint density at radius 2 is 0.946 bits per heavy atom. The van der Waals surface area contributed by atoms with Crippen molar-refractivity contribution in [3.05, 3.63) is 127 Å². The molecule has 0 spiro atoms. The molecule has 0 radical (unpaired) electrons. The number of rotatable bonds is 2. The lowest BCUT2D eigenvalue weighted by Crippen LogP contribution is -2.04. The number of fused-ring (bicyclic) bond motifs is 8. The van der Waals surface area contributed by atoms with Gasteiger partial charge in [-0.25, -0.2) is 9.97 Å². The molecule has 8 rings (SSSR count). The predicted molar refractivity (Wildman–Crippen MR) is 154 cm³/mol. The van der Waals surface area contributed by atoms with E-state index in [0.717, 1.165) is 33.2 Å². The van der Waals surface area contributed by atoms with E-state index in [9.17, 15) is 0 Å². The minimum Gasteiger partial charge on any atom is -0.277 e. The van der Waals surface area contributed by atoms with Crippen molar-refractivity contribution in [1.29, 1.82) is 0 Å². The van der Waals surface area contributed by atoms with Crippen LogP contribution in [-0.4, -0.2) is 14.5 Å². The quantitative estimate of drug-likeness (QED) is 0.252. The van der Waals surface area contributed by atoms with Gasteiger partial charge in [0.05, 0.1) is 22.2 Å². The fourth-order valence-electron chi connectivity index (χ4n) is 5.72. The van der Waals surface area contributed by atoms with E-state index in [-0.39, 0.29) is 0 Å². The van der Waals surface area contributed by atoms with Crippen LogP contribution in [0.3, 0.4) is 0 Å². The van der Waals surface area contributed by atoms with Crippen LogP contribution in [0, 0.1) is 0 Å². The van der Waals surface area contributed by atoms with Gasteiger partial charge in [-0.2, -0.15) is 0 Å². The number of nitrogens with zero attached hydrogens (tertiary/aromatic N) is 3. The number of hydrogen-bond donors (Lipinski definition) is 0. The molecule has 0 aliphatic heterocycles. The molecule has 0 aliphatic rings. The lowest BCUT2D eigenvalue weighted by molar-refractivity contribution is 1.02. The molecule has 0 aliphatic carbocycles. The maximum Gasteiger partial charge on any atom is 0.235 e. The van der Waals surface area contributed by atoms with Gasteiger partial charge in [0.25, 0.3) is 0 Å². The highest BCUT2D eigenvalue weighted by atomic mass is 15.2. The molecule has 0 saturated heterocycles. The lowest BCUT2D eigenvalue weighted by atomic mass is 10.0. The Balaban J connectivity index is 1.62. The molecule has 0 unspecified atom stereocenters. The van der Waals surface area contributed by atoms with Gasteiger partial charge in [-0.3, -0.25) is 4.57 Å². The van der Waals surface area contributed by atoms with Crippen LogP contribution in [0.15, 0.2) is 127 Å². The summed E-state index contributed by atoms with van der Waals surface area (Å²) in [5.41, 5.74) is 5.23. The average molecular weight is 472 g/mol. The van der Waals surface area contributed by atoms with Crippen molar-refractivity contribution >= 4 is 54.3 Å². The van der Waals surface area contributed by atoms with Gasteiger partial charge in [-0.1, -0.05) is 121 Å². The zero-order chi connectivity index (χ0) is 24.3. The first-order valence-corrected chi connectivity index (χ1v) is 12.5.